The van der Waals surface area contributed by atoms with E-state index in [9.17, 15) is 4.79 Å². The van der Waals surface area contributed by atoms with Crippen molar-refractivity contribution >= 4 is 5.97 Å². The molecule has 25 heavy (non-hydrogen) atoms. The van der Waals surface area contributed by atoms with Crippen LogP contribution < -0.4 is 9.47 Å². The predicted molar refractivity (Wildman–Crippen MR) is 91.8 cm³/mol. The zero-order valence-corrected chi connectivity index (χ0v) is 14.9. The number of allylic oxidation sites excluding steroid dienone is 1. The molecule has 5 heteroatoms. The summed E-state index contributed by atoms with van der Waals surface area (Å²) in [5, 5.41) is 0. The summed E-state index contributed by atoms with van der Waals surface area (Å²) in [6.07, 6.45) is 4.83. The highest BCUT2D eigenvalue weighted by molar-refractivity contribution is 5.68. The molecule has 2 aliphatic carbocycles. The van der Waals surface area contributed by atoms with Crippen LogP contribution in [0.15, 0.2) is 24.0 Å². The first kappa shape index (κ1) is 15.3. The van der Waals surface area contributed by atoms with Crippen LogP contribution in [0.2, 0.25) is 0 Å². The maximum absolute atomic E-state index is 11.6. The van der Waals surface area contributed by atoms with Gasteiger partial charge in [-0.15, -0.1) is 0 Å². The molecule has 5 nitrogen and oxygen atoms in total. The molecular weight excluding hydrogens is 318 g/mol. The first-order chi connectivity index (χ1) is 12.1. The van der Waals surface area contributed by atoms with Crippen molar-refractivity contribution in [1.29, 1.82) is 0 Å². The molecule has 5 rings (SSSR count). The van der Waals surface area contributed by atoms with Crippen LogP contribution in [0.1, 0.15) is 30.9 Å². The van der Waals surface area contributed by atoms with E-state index in [1.165, 1.54) is 18.1 Å². The van der Waals surface area contributed by atoms with Crippen LogP contribution in [0.3, 0.4) is 0 Å². The van der Waals surface area contributed by atoms with Crippen molar-refractivity contribution < 1.29 is 19.0 Å². The second-order valence-electron chi connectivity index (χ2n) is 7.71. The largest absolute Gasteiger partial charge is 0.493 e. The van der Waals surface area contributed by atoms with Gasteiger partial charge in [0.15, 0.2) is 17.6 Å². The van der Waals surface area contributed by atoms with Crippen molar-refractivity contribution in [3.63, 3.8) is 0 Å². The van der Waals surface area contributed by atoms with Gasteiger partial charge in [0, 0.05) is 23.9 Å². The van der Waals surface area contributed by atoms with Crippen LogP contribution >= 0.6 is 0 Å². The second-order valence-corrected chi connectivity index (χ2v) is 7.71. The van der Waals surface area contributed by atoms with Crippen LogP contribution in [0.5, 0.6) is 11.5 Å². The highest BCUT2D eigenvalue weighted by Crippen LogP contribution is 2.63. The lowest BCUT2D eigenvalue weighted by molar-refractivity contribution is -0.140. The van der Waals surface area contributed by atoms with Gasteiger partial charge in [-0.05, 0) is 56.5 Å². The molecule has 0 aromatic heterocycles. The van der Waals surface area contributed by atoms with Gasteiger partial charge >= 0.3 is 5.97 Å². The number of rotatable bonds is 2. The monoisotopic (exact) mass is 341 g/mol. The fourth-order valence-electron chi connectivity index (χ4n) is 5.73. The molecule has 132 valence electrons. The van der Waals surface area contributed by atoms with Crippen molar-refractivity contribution in [2.24, 2.45) is 5.92 Å². The van der Waals surface area contributed by atoms with Crippen LogP contribution in [-0.2, 0) is 21.4 Å². The number of methoxy groups -OCH3 is 1. The minimum atomic E-state index is -0.284. The van der Waals surface area contributed by atoms with Gasteiger partial charge < -0.3 is 19.1 Å². The molecule has 0 saturated carbocycles. The minimum absolute atomic E-state index is 0.103. The molecular formula is C20H23NO4. The second kappa shape index (κ2) is 5.01. The number of benzene rings is 1. The smallest absolute Gasteiger partial charge is 0.307 e. The van der Waals surface area contributed by atoms with Gasteiger partial charge in [0.2, 0.25) is 0 Å². The highest BCUT2D eigenvalue weighted by atomic mass is 16.6. The Morgan fingerprint density at radius 3 is 3.00 bits per heavy atom. The van der Waals surface area contributed by atoms with E-state index in [1.54, 1.807) is 7.11 Å². The van der Waals surface area contributed by atoms with Crippen molar-refractivity contribution in [3.05, 3.63) is 35.1 Å². The standard InChI is InChI=1S/C20H23NO4/c1-11(22)24-16-7-5-13-14-10-12-4-6-15(23-3)18-17(12)20(13,19(16)25-18)8-9-21(14)2/h4,6-7,13-14,19H,5,8-10H2,1-3H3/t13-,14+,19?,20-/m0/s1. The van der Waals surface area contributed by atoms with Gasteiger partial charge in [-0.2, -0.15) is 0 Å². The number of likely N-dealkylation sites (tertiary alicyclic amines) is 1. The lowest BCUT2D eigenvalue weighted by Gasteiger charge is -2.56. The summed E-state index contributed by atoms with van der Waals surface area (Å²) in [7, 11) is 3.91. The highest BCUT2D eigenvalue weighted by Gasteiger charge is 2.64. The number of ether oxygens (including phenoxy) is 3. The first-order valence-electron chi connectivity index (χ1n) is 9.02. The van der Waals surface area contributed by atoms with E-state index in [0.717, 1.165) is 37.3 Å². The molecule has 1 unspecified atom stereocenters. The summed E-state index contributed by atoms with van der Waals surface area (Å²) in [5.74, 6) is 2.52. The zero-order valence-electron chi connectivity index (χ0n) is 14.9. The lowest BCUT2D eigenvalue weighted by Crippen LogP contribution is -2.63. The van der Waals surface area contributed by atoms with Gasteiger partial charge in [-0.1, -0.05) is 6.07 Å². The molecule has 1 saturated heterocycles. The van der Waals surface area contributed by atoms with E-state index in [2.05, 4.69) is 24.1 Å². The summed E-state index contributed by atoms with van der Waals surface area (Å²) in [4.78, 5) is 14.1. The number of hydrogen-bond donors (Lipinski definition) is 0. The number of piperidine rings is 1. The van der Waals surface area contributed by atoms with E-state index in [1.807, 2.05) is 6.07 Å². The summed E-state index contributed by atoms with van der Waals surface area (Å²) >= 11 is 0. The van der Waals surface area contributed by atoms with E-state index in [-0.39, 0.29) is 17.5 Å². The van der Waals surface area contributed by atoms with Crippen LogP contribution in [0.4, 0.5) is 0 Å². The molecule has 1 aromatic carbocycles. The Bertz CT molecular complexity index is 801. The molecule has 1 aromatic rings. The third kappa shape index (κ3) is 1.79. The fourth-order valence-corrected chi connectivity index (χ4v) is 5.73. The summed E-state index contributed by atoms with van der Waals surface area (Å²) in [6.45, 7) is 2.49. The maximum atomic E-state index is 11.6. The van der Waals surface area contributed by atoms with Crippen LogP contribution in [-0.4, -0.2) is 43.7 Å². The molecule has 2 aliphatic heterocycles. The quantitative estimate of drug-likeness (QED) is 0.773. The zero-order chi connectivity index (χ0) is 17.3. The van der Waals surface area contributed by atoms with Gasteiger partial charge in [-0.25, -0.2) is 0 Å². The van der Waals surface area contributed by atoms with Crippen molar-refractivity contribution in [3.8, 4) is 11.5 Å². The third-order valence-corrected chi connectivity index (χ3v) is 6.69. The number of nitrogens with zero attached hydrogens (tertiary/aromatic N) is 1. The Hall–Kier alpha value is -2.01. The van der Waals surface area contributed by atoms with E-state index < -0.39 is 0 Å². The van der Waals surface area contributed by atoms with Gasteiger partial charge in [0.1, 0.15) is 5.76 Å². The lowest BCUT2D eigenvalue weighted by atomic mass is 9.53. The number of carbonyl (C=O) groups is 1. The van der Waals surface area contributed by atoms with E-state index in [4.69, 9.17) is 14.2 Å². The number of likely N-dealkylation sites (N-methyl/N-ethyl adjacent to an activating group) is 1. The van der Waals surface area contributed by atoms with Crippen molar-refractivity contribution in [2.45, 2.75) is 43.7 Å². The molecule has 4 atom stereocenters. The molecule has 2 heterocycles. The third-order valence-electron chi connectivity index (χ3n) is 6.69. The predicted octanol–water partition coefficient (Wildman–Crippen LogP) is 2.42. The SMILES string of the molecule is COc1ccc2c3c1OC1C(OC(C)=O)=CC[C@H]4[C@@H](C2)N(C)CC[C@]314. The van der Waals surface area contributed by atoms with Crippen molar-refractivity contribution in [2.75, 3.05) is 20.7 Å². The molecule has 2 bridgehead atoms. The topological polar surface area (TPSA) is 48.0 Å². The van der Waals surface area contributed by atoms with E-state index >= 15 is 0 Å². The van der Waals surface area contributed by atoms with Crippen molar-refractivity contribution in [1.82, 2.24) is 4.90 Å². The number of carbonyl (C=O) groups excluding carboxylic acids is 1. The Morgan fingerprint density at radius 2 is 2.24 bits per heavy atom. The van der Waals surface area contributed by atoms with E-state index in [0.29, 0.717) is 17.7 Å². The number of hydrogen-bond acceptors (Lipinski definition) is 5. The number of esters is 1. The Labute approximate surface area is 147 Å². The molecule has 0 radical (unpaired) electrons. The maximum Gasteiger partial charge on any atom is 0.307 e. The van der Waals surface area contributed by atoms with Crippen LogP contribution in [0.25, 0.3) is 0 Å². The first-order valence-corrected chi connectivity index (χ1v) is 9.02. The Kier molecular flexibility index (Phi) is 3.06. The normalized spacial score (nSPS) is 34.7. The molecule has 1 fully saturated rings. The Morgan fingerprint density at radius 1 is 1.40 bits per heavy atom. The average molecular weight is 341 g/mol. The Balaban J connectivity index is 1.74. The van der Waals surface area contributed by atoms with Gasteiger partial charge in [0.25, 0.3) is 0 Å². The summed E-state index contributed by atoms with van der Waals surface area (Å²) in [6, 6.07) is 4.70. The minimum Gasteiger partial charge on any atom is -0.493 e. The van der Waals surface area contributed by atoms with Crippen LogP contribution in [0, 0.1) is 5.92 Å². The average Bonchev–Trinajstić information content (AvgIpc) is 2.94. The molecule has 1 spiro atoms. The molecule has 4 aliphatic rings. The molecule has 0 N–H and O–H groups in total. The van der Waals surface area contributed by atoms with Gasteiger partial charge in [0.05, 0.1) is 7.11 Å². The fraction of sp³-hybridized carbons (Fsp3) is 0.550. The summed E-state index contributed by atoms with van der Waals surface area (Å²) in [5.41, 5.74) is 2.56. The molecule has 0 amide bonds. The summed E-state index contributed by atoms with van der Waals surface area (Å²) < 4.78 is 17.6. The van der Waals surface area contributed by atoms with Gasteiger partial charge in [-0.3, -0.25) is 4.79 Å².